The average Bonchev–Trinajstić information content (AvgIpc) is 3.13. The third-order valence-electron chi connectivity index (χ3n) is 4.59. The molecule has 1 fully saturated rings. The number of rotatable bonds is 5. The molecule has 2 aromatic heterocycles. The summed E-state index contributed by atoms with van der Waals surface area (Å²) in [5.41, 5.74) is 1.94. The standard InChI is InChI=1S/C18H27N5O2/c1-12(2)8-16-19-18(25-21-16)15-6-5-7-22(10-15)17(24)11-23-14(4)9-13(3)20-23/h9,12,15H,5-8,10-11H2,1-4H3/t15-/m1/s1. The van der Waals surface area contributed by atoms with E-state index in [9.17, 15) is 4.79 Å². The fourth-order valence-corrected chi connectivity index (χ4v) is 3.35. The third-order valence-corrected chi connectivity index (χ3v) is 4.59. The molecule has 136 valence electrons. The number of carbonyl (C=O) groups is 1. The van der Waals surface area contributed by atoms with Crippen molar-refractivity contribution in [2.75, 3.05) is 13.1 Å². The summed E-state index contributed by atoms with van der Waals surface area (Å²) >= 11 is 0. The summed E-state index contributed by atoms with van der Waals surface area (Å²) < 4.78 is 7.23. The van der Waals surface area contributed by atoms with Crippen molar-refractivity contribution >= 4 is 5.91 Å². The van der Waals surface area contributed by atoms with Gasteiger partial charge in [-0.05, 0) is 38.7 Å². The Labute approximate surface area is 148 Å². The molecule has 1 aliphatic rings. The van der Waals surface area contributed by atoms with Gasteiger partial charge in [-0.2, -0.15) is 10.1 Å². The van der Waals surface area contributed by atoms with Crippen molar-refractivity contribution < 1.29 is 9.32 Å². The van der Waals surface area contributed by atoms with Gasteiger partial charge in [0.05, 0.1) is 11.6 Å². The summed E-state index contributed by atoms with van der Waals surface area (Å²) in [6.07, 6.45) is 2.75. The van der Waals surface area contributed by atoms with E-state index in [0.717, 1.165) is 43.0 Å². The minimum absolute atomic E-state index is 0.0952. The highest BCUT2D eigenvalue weighted by atomic mass is 16.5. The number of likely N-dealkylation sites (tertiary alicyclic amines) is 1. The first kappa shape index (κ1) is 17.6. The first-order valence-electron chi connectivity index (χ1n) is 9.03. The molecule has 0 unspecified atom stereocenters. The normalized spacial score (nSPS) is 18.1. The van der Waals surface area contributed by atoms with Crippen molar-refractivity contribution in [1.82, 2.24) is 24.8 Å². The molecule has 1 atom stereocenters. The molecular weight excluding hydrogens is 318 g/mol. The van der Waals surface area contributed by atoms with Crippen molar-refractivity contribution in [3.63, 3.8) is 0 Å². The van der Waals surface area contributed by atoms with Crippen molar-refractivity contribution in [3.05, 3.63) is 29.2 Å². The zero-order chi connectivity index (χ0) is 18.0. The topological polar surface area (TPSA) is 77.0 Å². The molecule has 2 aromatic rings. The number of hydrogen-bond donors (Lipinski definition) is 0. The van der Waals surface area contributed by atoms with E-state index in [4.69, 9.17) is 4.52 Å². The summed E-state index contributed by atoms with van der Waals surface area (Å²) in [5, 5.41) is 8.46. The second kappa shape index (κ2) is 7.37. The summed E-state index contributed by atoms with van der Waals surface area (Å²) in [7, 11) is 0. The lowest BCUT2D eigenvalue weighted by atomic mass is 9.98. The fourth-order valence-electron chi connectivity index (χ4n) is 3.35. The van der Waals surface area contributed by atoms with Crippen molar-refractivity contribution in [2.24, 2.45) is 5.92 Å². The van der Waals surface area contributed by atoms with Crippen LogP contribution in [0.1, 0.15) is 55.7 Å². The van der Waals surface area contributed by atoms with E-state index >= 15 is 0 Å². The van der Waals surface area contributed by atoms with Gasteiger partial charge in [-0.25, -0.2) is 0 Å². The molecule has 0 radical (unpaired) electrons. The van der Waals surface area contributed by atoms with Gasteiger partial charge in [-0.1, -0.05) is 19.0 Å². The summed E-state index contributed by atoms with van der Waals surface area (Å²) in [6, 6.07) is 1.99. The first-order chi connectivity index (χ1) is 11.9. The highest BCUT2D eigenvalue weighted by Gasteiger charge is 2.29. The minimum Gasteiger partial charge on any atom is -0.340 e. The highest BCUT2D eigenvalue weighted by Crippen LogP contribution is 2.26. The van der Waals surface area contributed by atoms with Crippen LogP contribution in [0.4, 0.5) is 0 Å². The molecule has 7 nitrogen and oxygen atoms in total. The molecule has 1 amide bonds. The highest BCUT2D eigenvalue weighted by molar-refractivity contribution is 5.76. The maximum absolute atomic E-state index is 12.7. The largest absolute Gasteiger partial charge is 0.340 e. The number of amides is 1. The van der Waals surface area contributed by atoms with E-state index < -0.39 is 0 Å². The number of aromatic nitrogens is 4. The van der Waals surface area contributed by atoms with E-state index in [-0.39, 0.29) is 18.4 Å². The van der Waals surface area contributed by atoms with Gasteiger partial charge in [-0.3, -0.25) is 9.48 Å². The lowest BCUT2D eigenvalue weighted by Gasteiger charge is -2.31. The van der Waals surface area contributed by atoms with E-state index in [0.29, 0.717) is 18.4 Å². The summed E-state index contributed by atoms with van der Waals surface area (Å²) in [6.45, 7) is 9.89. The van der Waals surface area contributed by atoms with Gasteiger partial charge in [0.15, 0.2) is 5.82 Å². The van der Waals surface area contributed by atoms with Crippen LogP contribution in [0.2, 0.25) is 0 Å². The molecule has 1 saturated heterocycles. The molecule has 1 aliphatic heterocycles. The second-order valence-electron chi connectivity index (χ2n) is 7.41. The predicted molar refractivity (Wildman–Crippen MR) is 93.1 cm³/mol. The van der Waals surface area contributed by atoms with Crippen LogP contribution in [-0.4, -0.2) is 43.8 Å². The Bertz CT molecular complexity index is 734. The maximum Gasteiger partial charge on any atom is 0.244 e. The van der Waals surface area contributed by atoms with Crippen molar-refractivity contribution in [1.29, 1.82) is 0 Å². The quantitative estimate of drug-likeness (QED) is 0.832. The van der Waals surface area contributed by atoms with Gasteiger partial charge in [0.2, 0.25) is 11.8 Å². The van der Waals surface area contributed by atoms with Gasteiger partial charge >= 0.3 is 0 Å². The molecule has 0 aliphatic carbocycles. The molecule has 0 N–H and O–H groups in total. The number of aryl methyl sites for hydroxylation is 2. The SMILES string of the molecule is Cc1cc(C)n(CC(=O)N2CCC[C@@H](c3nc(CC(C)C)no3)C2)n1. The lowest BCUT2D eigenvalue weighted by Crippen LogP contribution is -2.41. The van der Waals surface area contributed by atoms with E-state index in [2.05, 4.69) is 29.1 Å². The number of nitrogens with zero attached hydrogens (tertiary/aromatic N) is 5. The van der Waals surface area contributed by atoms with Gasteiger partial charge in [-0.15, -0.1) is 0 Å². The number of hydrogen-bond acceptors (Lipinski definition) is 5. The molecule has 25 heavy (non-hydrogen) atoms. The number of piperidine rings is 1. The van der Waals surface area contributed by atoms with E-state index in [1.807, 2.05) is 24.8 Å². The maximum atomic E-state index is 12.7. The van der Waals surface area contributed by atoms with Crippen molar-refractivity contribution in [3.8, 4) is 0 Å². The third kappa shape index (κ3) is 4.27. The first-order valence-corrected chi connectivity index (χ1v) is 9.03. The van der Waals surface area contributed by atoms with Gasteiger partial charge < -0.3 is 9.42 Å². The van der Waals surface area contributed by atoms with E-state index in [1.165, 1.54) is 0 Å². The van der Waals surface area contributed by atoms with E-state index in [1.54, 1.807) is 4.68 Å². The average molecular weight is 345 g/mol. The second-order valence-corrected chi connectivity index (χ2v) is 7.41. The Morgan fingerprint density at radius 3 is 2.88 bits per heavy atom. The molecular formula is C18H27N5O2. The van der Waals surface area contributed by atoms with Crippen LogP contribution in [0, 0.1) is 19.8 Å². The number of carbonyl (C=O) groups excluding carboxylic acids is 1. The molecule has 0 saturated carbocycles. The Balaban J connectivity index is 1.63. The lowest BCUT2D eigenvalue weighted by molar-refractivity contribution is -0.133. The fraction of sp³-hybridized carbons (Fsp3) is 0.667. The minimum atomic E-state index is 0.0952. The molecule has 3 rings (SSSR count). The Morgan fingerprint density at radius 2 is 2.20 bits per heavy atom. The zero-order valence-corrected chi connectivity index (χ0v) is 15.5. The zero-order valence-electron chi connectivity index (χ0n) is 15.5. The Kier molecular flexibility index (Phi) is 5.20. The molecule has 3 heterocycles. The van der Waals surface area contributed by atoms with Gasteiger partial charge in [0.25, 0.3) is 0 Å². The van der Waals surface area contributed by atoms with Crippen LogP contribution in [-0.2, 0) is 17.8 Å². The van der Waals surface area contributed by atoms with Crippen LogP contribution < -0.4 is 0 Å². The molecule has 0 bridgehead atoms. The summed E-state index contributed by atoms with van der Waals surface area (Å²) in [5.74, 6) is 2.15. The molecule has 7 heteroatoms. The van der Waals surface area contributed by atoms with Crippen LogP contribution in [0.15, 0.2) is 10.6 Å². The Morgan fingerprint density at radius 1 is 1.40 bits per heavy atom. The van der Waals surface area contributed by atoms with Crippen LogP contribution in [0.25, 0.3) is 0 Å². The predicted octanol–water partition coefficient (Wildman–Crippen LogP) is 2.49. The van der Waals surface area contributed by atoms with Crippen LogP contribution in [0.3, 0.4) is 0 Å². The Hall–Kier alpha value is -2.18. The summed E-state index contributed by atoms with van der Waals surface area (Å²) in [4.78, 5) is 19.1. The van der Waals surface area contributed by atoms with Gasteiger partial charge in [0.1, 0.15) is 6.54 Å². The van der Waals surface area contributed by atoms with Crippen LogP contribution in [0.5, 0.6) is 0 Å². The monoisotopic (exact) mass is 345 g/mol. The molecule has 0 aromatic carbocycles. The molecule has 0 spiro atoms. The smallest absolute Gasteiger partial charge is 0.244 e. The van der Waals surface area contributed by atoms with Crippen molar-refractivity contribution in [2.45, 2.75) is 59.4 Å². The van der Waals surface area contributed by atoms with Crippen LogP contribution >= 0.6 is 0 Å². The van der Waals surface area contributed by atoms with Gasteiger partial charge in [0, 0.05) is 25.2 Å².